The molecule has 0 bridgehead atoms. The van der Waals surface area contributed by atoms with Crippen molar-refractivity contribution in [2.24, 2.45) is 0 Å². The summed E-state index contributed by atoms with van der Waals surface area (Å²) in [5, 5.41) is 42.9. The molecule has 5 N–H and O–H groups in total. The monoisotopic (exact) mass is 308 g/mol. The number of carboxylic acid groups (broad SMARTS) is 1. The van der Waals surface area contributed by atoms with Crippen molar-refractivity contribution in [3.05, 3.63) is 0 Å². The molecule has 0 saturated heterocycles. The fourth-order valence-electron chi connectivity index (χ4n) is 1.46. The van der Waals surface area contributed by atoms with E-state index in [-0.39, 0.29) is 12.7 Å². The van der Waals surface area contributed by atoms with Gasteiger partial charge < -0.3 is 30.3 Å². The van der Waals surface area contributed by atoms with E-state index in [1.54, 1.807) is 0 Å². The van der Waals surface area contributed by atoms with Crippen molar-refractivity contribution in [3.8, 4) is 0 Å². The Balaban J connectivity index is 0. The van der Waals surface area contributed by atoms with E-state index in [1.807, 2.05) is 0 Å². The second-order valence-electron chi connectivity index (χ2n) is 4.81. The molecule has 0 rings (SSSR count). The maximum atomic E-state index is 10.0. The lowest BCUT2D eigenvalue weighted by molar-refractivity contribution is -0.137. The van der Waals surface area contributed by atoms with Crippen molar-refractivity contribution in [1.82, 2.24) is 0 Å². The van der Waals surface area contributed by atoms with E-state index in [4.69, 9.17) is 25.5 Å². The van der Waals surface area contributed by atoms with Gasteiger partial charge in [0.15, 0.2) is 0 Å². The summed E-state index contributed by atoms with van der Waals surface area (Å²) in [6.45, 7) is 1.56. The molecule has 3 unspecified atom stereocenters. The molecule has 0 fully saturated rings. The van der Waals surface area contributed by atoms with E-state index < -0.39 is 30.9 Å². The smallest absolute Gasteiger partial charge is 0.303 e. The number of rotatable bonds is 11. The topological polar surface area (TPSA) is 135 Å². The molecule has 0 aliphatic heterocycles. The number of hydrogen-bond acceptors (Lipinski definition) is 6. The van der Waals surface area contributed by atoms with Crippen LogP contribution in [0.1, 0.15) is 51.9 Å². The van der Waals surface area contributed by atoms with Crippen LogP contribution in [0.4, 0.5) is 0 Å². The van der Waals surface area contributed by atoms with Gasteiger partial charge in [-0.2, -0.15) is 0 Å². The number of carboxylic acids is 1. The highest BCUT2D eigenvalue weighted by Gasteiger charge is 2.18. The Morgan fingerprint density at radius 2 is 1.62 bits per heavy atom. The van der Waals surface area contributed by atoms with E-state index in [9.17, 15) is 9.59 Å². The predicted octanol–water partition coefficient (Wildman–Crippen LogP) is 0.0819. The molecule has 0 spiro atoms. The Kier molecular flexibility index (Phi) is 16.3. The zero-order chi connectivity index (χ0) is 16.7. The van der Waals surface area contributed by atoms with Gasteiger partial charge in [-0.3, -0.25) is 4.79 Å². The number of carbonyl (C=O) groups is 2. The van der Waals surface area contributed by atoms with Gasteiger partial charge in [0.25, 0.3) is 0 Å². The van der Waals surface area contributed by atoms with Crippen molar-refractivity contribution >= 4 is 12.3 Å². The van der Waals surface area contributed by atoms with Gasteiger partial charge in [0.05, 0.1) is 12.7 Å². The summed E-state index contributed by atoms with van der Waals surface area (Å²) in [5.41, 5.74) is 0. The molecule has 0 aliphatic rings. The number of hydrogen-bond donors (Lipinski definition) is 5. The average molecular weight is 308 g/mol. The highest BCUT2D eigenvalue weighted by Crippen LogP contribution is 2.04. The van der Waals surface area contributed by atoms with E-state index >= 15 is 0 Å². The molecule has 0 aromatic rings. The van der Waals surface area contributed by atoms with Crippen molar-refractivity contribution in [3.63, 3.8) is 0 Å². The van der Waals surface area contributed by atoms with Gasteiger partial charge in [-0.05, 0) is 6.42 Å². The molecule has 0 amide bonds. The summed E-state index contributed by atoms with van der Waals surface area (Å²) in [7, 11) is 0. The molecule has 21 heavy (non-hydrogen) atoms. The molecule has 126 valence electrons. The first-order chi connectivity index (χ1) is 9.88. The minimum atomic E-state index is -1.30. The van der Waals surface area contributed by atoms with Gasteiger partial charge in [0.1, 0.15) is 18.5 Å². The van der Waals surface area contributed by atoms with Crippen LogP contribution in [0.5, 0.6) is 0 Å². The predicted molar refractivity (Wildman–Crippen MR) is 76.8 cm³/mol. The summed E-state index contributed by atoms with van der Waals surface area (Å²) >= 11 is 0. The Bertz CT molecular complexity index is 258. The molecule has 0 aliphatic carbocycles. The van der Waals surface area contributed by atoms with E-state index in [1.165, 1.54) is 19.3 Å². The van der Waals surface area contributed by atoms with Gasteiger partial charge in [0, 0.05) is 12.8 Å². The molecule has 7 heteroatoms. The molecule has 0 aromatic heterocycles. The van der Waals surface area contributed by atoms with Gasteiger partial charge in [-0.1, -0.05) is 32.6 Å². The van der Waals surface area contributed by atoms with Crippen LogP contribution in [0.2, 0.25) is 0 Å². The lowest BCUT2D eigenvalue weighted by atomic mass is 10.1. The Labute approximate surface area is 125 Å². The Hall–Kier alpha value is -1.02. The summed E-state index contributed by atoms with van der Waals surface area (Å²) in [5.74, 6) is -0.670. The first-order valence-corrected chi connectivity index (χ1v) is 7.21. The molecule has 0 aromatic carbocycles. The van der Waals surface area contributed by atoms with E-state index in [0.29, 0.717) is 6.42 Å². The minimum Gasteiger partial charge on any atom is -0.481 e. The minimum absolute atomic E-state index is 0.257. The van der Waals surface area contributed by atoms with Gasteiger partial charge in [-0.15, -0.1) is 0 Å². The molecule has 3 atom stereocenters. The summed E-state index contributed by atoms with van der Waals surface area (Å²) < 4.78 is 0. The quantitative estimate of drug-likeness (QED) is 0.269. The second kappa shape index (κ2) is 15.4. The third-order valence-electron chi connectivity index (χ3n) is 2.77. The third-order valence-corrected chi connectivity index (χ3v) is 2.77. The average Bonchev–Trinajstić information content (AvgIpc) is 2.46. The molecule has 7 nitrogen and oxygen atoms in total. The fourth-order valence-corrected chi connectivity index (χ4v) is 1.46. The van der Waals surface area contributed by atoms with Crippen LogP contribution < -0.4 is 0 Å². The zero-order valence-corrected chi connectivity index (χ0v) is 12.5. The highest BCUT2D eigenvalue weighted by atomic mass is 16.4. The van der Waals surface area contributed by atoms with Crippen molar-refractivity contribution < 1.29 is 35.1 Å². The largest absolute Gasteiger partial charge is 0.481 e. The zero-order valence-electron chi connectivity index (χ0n) is 12.5. The van der Waals surface area contributed by atoms with E-state index in [2.05, 4.69) is 6.92 Å². The number of unbranched alkanes of at least 4 members (excludes halogenated alkanes) is 4. The first kappa shape index (κ1) is 22.3. The van der Waals surface area contributed by atoms with Crippen LogP contribution in [-0.2, 0) is 9.59 Å². The van der Waals surface area contributed by atoms with Crippen LogP contribution in [0.15, 0.2) is 0 Å². The van der Waals surface area contributed by atoms with E-state index in [0.717, 1.165) is 12.8 Å². The van der Waals surface area contributed by atoms with Gasteiger partial charge >= 0.3 is 5.97 Å². The number of aliphatic hydroxyl groups excluding tert-OH is 4. The molecular weight excluding hydrogens is 280 g/mol. The SMILES string of the molecule is CCCCCCCC(=O)O.O=CC(O)CC(O)C(O)CO. The van der Waals surface area contributed by atoms with Crippen LogP contribution in [0.3, 0.4) is 0 Å². The first-order valence-electron chi connectivity index (χ1n) is 7.21. The maximum Gasteiger partial charge on any atom is 0.303 e. The lowest BCUT2D eigenvalue weighted by Gasteiger charge is -2.15. The maximum absolute atomic E-state index is 10.0. The third kappa shape index (κ3) is 16.9. The highest BCUT2D eigenvalue weighted by molar-refractivity contribution is 5.66. The number of aliphatic carboxylic acids is 1. The molecule has 0 saturated carbocycles. The Morgan fingerprint density at radius 1 is 1.05 bits per heavy atom. The molecule has 0 radical (unpaired) electrons. The molecule has 0 heterocycles. The Morgan fingerprint density at radius 3 is 2.05 bits per heavy atom. The van der Waals surface area contributed by atoms with Crippen LogP contribution >= 0.6 is 0 Å². The summed E-state index contributed by atoms with van der Waals surface area (Å²) in [4.78, 5) is 19.9. The normalized spacial score (nSPS) is 14.5. The number of aldehydes is 1. The lowest BCUT2D eigenvalue weighted by Crippen LogP contribution is -2.33. The van der Waals surface area contributed by atoms with Crippen molar-refractivity contribution in [2.45, 2.75) is 70.2 Å². The fraction of sp³-hybridized carbons (Fsp3) is 0.857. The number of aliphatic hydroxyl groups is 4. The summed E-state index contributed by atoms with van der Waals surface area (Å²) in [6.07, 6.45) is 2.03. The van der Waals surface area contributed by atoms with Crippen LogP contribution in [0.25, 0.3) is 0 Å². The number of carbonyl (C=O) groups excluding carboxylic acids is 1. The van der Waals surface area contributed by atoms with Gasteiger partial charge in [-0.25, -0.2) is 0 Å². The van der Waals surface area contributed by atoms with Crippen molar-refractivity contribution in [2.75, 3.05) is 6.61 Å². The van der Waals surface area contributed by atoms with Gasteiger partial charge in [0.2, 0.25) is 0 Å². The van der Waals surface area contributed by atoms with Crippen LogP contribution in [0, 0.1) is 0 Å². The van der Waals surface area contributed by atoms with Crippen LogP contribution in [-0.4, -0.2) is 62.7 Å². The molecular formula is C14H28O7. The van der Waals surface area contributed by atoms with Crippen molar-refractivity contribution in [1.29, 1.82) is 0 Å². The standard InChI is InChI=1S/C8H16O2.C6H12O5/c1-2-3-4-5-6-7-8(9)10;7-2-4(9)1-5(10)6(11)3-8/h2-7H2,1H3,(H,9,10);2,4-6,8-11H,1,3H2. The summed E-state index contributed by atoms with van der Waals surface area (Å²) in [6, 6.07) is 0. The second-order valence-corrected chi connectivity index (χ2v) is 4.81.